The van der Waals surface area contributed by atoms with Crippen LogP contribution in [0.1, 0.15) is 22.6 Å². The SMILES string of the molecule is OC1c2ccccc2-c2ccccc2C1Cl. The van der Waals surface area contributed by atoms with Gasteiger partial charge in [0.25, 0.3) is 0 Å². The van der Waals surface area contributed by atoms with Gasteiger partial charge in [0.1, 0.15) is 6.10 Å². The molecule has 0 radical (unpaired) electrons. The first-order valence-corrected chi connectivity index (χ1v) is 5.73. The molecule has 2 aromatic rings. The van der Waals surface area contributed by atoms with Gasteiger partial charge < -0.3 is 5.11 Å². The minimum atomic E-state index is -0.618. The lowest BCUT2D eigenvalue weighted by Crippen LogP contribution is -2.13. The number of aliphatic hydroxyl groups excluding tert-OH is 1. The maximum absolute atomic E-state index is 10.1. The predicted molar refractivity (Wildman–Crippen MR) is 65.4 cm³/mol. The minimum Gasteiger partial charge on any atom is -0.386 e. The summed E-state index contributed by atoms with van der Waals surface area (Å²) in [6, 6.07) is 15.9. The third-order valence-corrected chi connectivity index (χ3v) is 3.58. The van der Waals surface area contributed by atoms with Crippen LogP contribution in [-0.2, 0) is 0 Å². The van der Waals surface area contributed by atoms with Crippen molar-refractivity contribution in [2.75, 3.05) is 0 Å². The van der Waals surface area contributed by atoms with Crippen LogP contribution in [0.3, 0.4) is 0 Å². The molecule has 0 fully saturated rings. The molecule has 0 bridgehead atoms. The Balaban J connectivity index is 2.33. The Hall–Kier alpha value is -1.31. The Morgan fingerprint density at radius 1 is 0.812 bits per heavy atom. The van der Waals surface area contributed by atoms with Crippen LogP contribution in [0.2, 0.25) is 0 Å². The predicted octanol–water partition coefficient (Wildman–Crippen LogP) is 3.68. The normalized spacial score (nSPS) is 22.4. The molecule has 1 aliphatic rings. The van der Waals surface area contributed by atoms with Crippen LogP contribution >= 0.6 is 11.6 Å². The van der Waals surface area contributed by atoms with Gasteiger partial charge in [-0.1, -0.05) is 48.5 Å². The fourth-order valence-electron chi connectivity index (χ4n) is 2.31. The third kappa shape index (κ3) is 1.29. The summed E-state index contributed by atoms with van der Waals surface area (Å²) >= 11 is 6.28. The second-order valence-electron chi connectivity index (χ2n) is 4.02. The fraction of sp³-hybridized carbons (Fsp3) is 0.143. The number of fused-ring (bicyclic) bond motifs is 3. The first-order valence-electron chi connectivity index (χ1n) is 5.29. The standard InChI is InChI=1S/C14H11ClO/c15-13-11-7-3-1-5-9(11)10-6-2-4-8-12(10)14(13)16/h1-8,13-14,16H. The summed E-state index contributed by atoms with van der Waals surface area (Å²) in [5.74, 6) is 0. The van der Waals surface area contributed by atoms with Gasteiger partial charge in [-0.3, -0.25) is 0 Å². The maximum Gasteiger partial charge on any atom is 0.100 e. The van der Waals surface area contributed by atoms with Crippen LogP contribution in [0, 0.1) is 0 Å². The van der Waals surface area contributed by atoms with Crippen LogP contribution in [0.4, 0.5) is 0 Å². The molecule has 1 aliphatic carbocycles. The number of rotatable bonds is 0. The van der Waals surface area contributed by atoms with Crippen molar-refractivity contribution in [3.63, 3.8) is 0 Å². The third-order valence-electron chi connectivity index (χ3n) is 3.10. The molecule has 0 aliphatic heterocycles. The summed E-state index contributed by atoms with van der Waals surface area (Å²) in [6.07, 6.45) is -0.618. The molecule has 2 aromatic carbocycles. The first kappa shape index (κ1) is 9.88. The van der Waals surface area contributed by atoms with E-state index in [0.29, 0.717) is 0 Å². The molecule has 0 spiro atoms. The van der Waals surface area contributed by atoms with E-state index in [1.165, 1.54) is 0 Å². The highest BCUT2D eigenvalue weighted by Crippen LogP contribution is 2.47. The number of alkyl halides is 1. The number of hydrogen-bond donors (Lipinski definition) is 1. The summed E-state index contributed by atoms with van der Waals surface area (Å²) < 4.78 is 0. The van der Waals surface area contributed by atoms with Crippen molar-refractivity contribution in [2.45, 2.75) is 11.5 Å². The molecule has 1 nitrogen and oxygen atoms in total. The summed E-state index contributed by atoms with van der Waals surface area (Å²) in [5, 5.41) is 9.79. The van der Waals surface area contributed by atoms with Crippen LogP contribution < -0.4 is 0 Å². The fourth-order valence-corrected chi connectivity index (χ4v) is 2.64. The topological polar surface area (TPSA) is 20.2 Å². The molecule has 1 N–H and O–H groups in total. The Bertz CT molecular complexity index is 486. The molecule has 2 atom stereocenters. The Kier molecular flexibility index (Phi) is 2.23. The van der Waals surface area contributed by atoms with E-state index in [2.05, 4.69) is 6.07 Å². The van der Waals surface area contributed by atoms with E-state index in [0.717, 1.165) is 22.3 Å². The lowest BCUT2D eigenvalue weighted by Gasteiger charge is -2.28. The Labute approximate surface area is 99.3 Å². The number of halogens is 1. The molecule has 3 rings (SSSR count). The zero-order chi connectivity index (χ0) is 11.1. The zero-order valence-electron chi connectivity index (χ0n) is 8.60. The van der Waals surface area contributed by atoms with Crippen molar-refractivity contribution in [1.29, 1.82) is 0 Å². The second-order valence-corrected chi connectivity index (χ2v) is 4.49. The van der Waals surface area contributed by atoms with Crippen molar-refractivity contribution >= 4 is 11.6 Å². The number of aliphatic hydroxyl groups is 1. The van der Waals surface area contributed by atoms with Crippen LogP contribution in [0.25, 0.3) is 11.1 Å². The Morgan fingerprint density at radius 2 is 1.31 bits per heavy atom. The van der Waals surface area contributed by atoms with Crippen molar-refractivity contribution in [3.8, 4) is 11.1 Å². The van der Waals surface area contributed by atoms with Gasteiger partial charge in [0.15, 0.2) is 0 Å². The van der Waals surface area contributed by atoms with Crippen LogP contribution in [0.5, 0.6) is 0 Å². The quantitative estimate of drug-likeness (QED) is 0.685. The average Bonchev–Trinajstić information content (AvgIpc) is 2.36. The average molecular weight is 231 g/mol. The first-order chi connectivity index (χ1) is 7.79. The molecular formula is C14H11ClO. The van der Waals surface area contributed by atoms with Crippen molar-refractivity contribution < 1.29 is 5.11 Å². The summed E-state index contributed by atoms with van der Waals surface area (Å²) in [5.41, 5.74) is 4.14. The molecule has 2 heteroatoms. The van der Waals surface area contributed by atoms with E-state index in [1.807, 2.05) is 42.5 Å². The van der Waals surface area contributed by atoms with Gasteiger partial charge in [-0.25, -0.2) is 0 Å². The van der Waals surface area contributed by atoms with E-state index in [1.54, 1.807) is 0 Å². The molecule has 16 heavy (non-hydrogen) atoms. The lowest BCUT2D eigenvalue weighted by atomic mass is 9.84. The van der Waals surface area contributed by atoms with Crippen molar-refractivity contribution in [3.05, 3.63) is 59.7 Å². The largest absolute Gasteiger partial charge is 0.386 e. The summed E-state index contributed by atoms with van der Waals surface area (Å²) in [4.78, 5) is 0. The Morgan fingerprint density at radius 3 is 2.00 bits per heavy atom. The van der Waals surface area contributed by atoms with Crippen LogP contribution in [0.15, 0.2) is 48.5 Å². The van der Waals surface area contributed by atoms with Gasteiger partial charge >= 0.3 is 0 Å². The molecule has 0 saturated carbocycles. The molecule has 2 unspecified atom stereocenters. The van der Waals surface area contributed by atoms with Gasteiger partial charge in [0.05, 0.1) is 5.38 Å². The second kappa shape index (κ2) is 3.62. The lowest BCUT2D eigenvalue weighted by molar-refractivity contribution is 0.171. The molecule has 0 amide bonds. The van der Waals surface area contributed by atoms with Gasteiger partial charge in [-0.05, 0) is 22.3 Å². The molecule has 0 heterocycles. The molecule has 0 saturated heterocycles. The number of benzene rings is 2. The van der Waals surface area contributed by atoms with Crippen molar-refractivity contribution in [1.82, 2.24) is 0 Å². The molecule has 0 aromatic heterocycles. The highest BCUT2D eigenvalue weighted by Gasteiger charge is 2.30. The van der Waals surface area contributed by atoms with E-state index >= 15 is 0 Å². The van der Waals surface area contributed by atoms with Gasteiger partial charge in [-0.15, -0.1) is 11.6 Å². The smallest absolute Gasteiger partial charge is 0.100 e. The molecular weight excluding hydrogens is 220 g/mol. The van der Waals surface area contributed by atoms with Gasteiger partial charge in [-0.2, -0.15) is 0 Å². The summed E-state index contributed by atoms with van der Waals surface area (Å²) in [6.45, 7) is 0. The summed E-state index contributed by atoms with van der Waals surface area (Å²) in [7, 11) is 0. The van der Waals surface area contributed by atoms with E-state index in [4.69, 9.17) is 11.6 Å². The molecule has 80 valence electrons. The minimum absolute atomic E-state index is 0.355. The zero-order valence-corrected chi connectivity index (χ0v) is 9.35. The van der Waals surface area contributed by atoms with Gasteiger partial charge in [0, 0.05) is 0 Å². The van der Waals surface area contributed by atoms with E-state index < -0.39 is 6.10 Å². The van der Waals surface area contributed by atoms with Crippen LogP contribution in [-0.4, -0.2) is 5.11 Å². The van der Waals surface area contributed by atoms with E-state index in [9.17, 15) is 5.11 Å². The van der Waals surface area contributed by atoms with E-state index in [-0.39, 0.29) is 5.38 Å². The maximum atomic E-state index is 10.1. The monoisotopic (exact) mass is 230 g/mol. The van der Waals surface area contributed by atoms with Crippen molar-refractivity contribution in [2.24, 2.45) is 0 Å². The van der Waals surface area contributed by atoms with Gasteiger partial charge in [0.2, 0.25) is 0 Å². The highest BCUT2D eigenvalue weighted by molar-refractivity contribution is 6.22. The highest BCUT2D eigenvalue weighted by atomic mass is 35.5. The number of hydrogen-bond acceptors (Lipinski definition) is 1.